The molecule has 2 aliphatic rings. The standard InChI is InChI=1S/C20H29N3O4/c24-14-18-17(22-19(25)12-15-6-2-3-9-21-15)8-7-16(27-18)13-20(26)23-10-4-1-5-11-23/h2-3,6,9,16-18,24H,1,4-5,7-8,10-14H2,(H,22,25)/t16-,17+,18-/m0/s1. The SMILES string of the molecule is O=C(Cc1ccccn1)N[C@@H]1CC[C@@H](CC(=O)N2CCCCC2)O[C@H]1CO. The van der Waals surface area contributed by atoms with Crippen LogP contribution in [0, 0.1) is 0 Å². The molecule has 0 radical (unpaired) electrons. The molecule has 0 saturated carbocycles. The topological polar surface area (TPSA) is 91.8 Å². The van der Waals surface area contributed by atoms with Crippen molar-refractivity contribution in [3.8, 4) is 0 Å². The molecule has 0 aliphatic carbocycles. The summed E-state index contributed by atoms with van der Waals surface area (Å²) in [5, 5.41) is 12.6. The van der Waals surface area contributed by atoms with Crippen LogP contribution in [0.15, 0.2) is 24.4 Å². The van der Waals surface area contributed by atoms with Crippen LogP contribution in [-0.2, 0) is 20.7 Å². The summed E-state index contributed by atoms with van der Waals surface area (Å²) >= 11 is 0. The summed E-state index contributed by atoms with van der Waals surface area (Å²) in [6, 6.07) is 5.22. The number of hydrogen-bond donors (Lipinski definition) is 2. The number of amides is 2. The first-order valence-electron chi connectivity index (χ1n) is 9.89. The number of aliphatic hydroxyl groups excluding tert-OH is 1. The zero-order valence-corrected chi connectivity index (χ0v) is 15.7. The van der Waals surface area contributed by atoms with E-state index in [0.29, 0.717) is 25.0 Å². The fourth-order valence-electron chi connectivity index (χ4n) is 3.84. The first-order chi connectivity index (χ1) is 13.2. The van der Waals surface area contributed by atoms with Gasteiger partial charge < -0.3 is 20.1 Å². The van der Waals surface area contributed by atoms with Gasteiger partial charge in [-0.3, -0.25) is 14.6 Å². The van der Waals surface area contributed by atoms with E-state index < -0.39 is 6.10 Å². The molecule has 148 valence electrons. The lowest BCUT2D eigenvalue weighted by atomic mass is 9.96. The summed E-state index contributed by atoms with van der Waals surface area (Å²) in [6.07, 6.45) is 6.26. The number of carbonyl (C=O) groups is 2. The molecule has 2 N–H and O–H groups in total. The molecule has 1 aromatic heterocycles. The summed E-state index contributed by atoms with van der Waals surface area (Å²) in [6.45, 7) is 1.49. The molecule has 3 rings (SSSR count). The van der Waals surface area contributed by atoms with Gasteiger partial charge in [0.2, 0.25) is 11.8 Å². The number of rotatable bonds is 6. The average molecular weight is 375 g/mol. The van der Waals surface area contributed by atoms with Crippen molar-refractivity contribution in [1.29, 1.82) is 0 Å². The number of carbonyl (C=O) groups excluding carboxylic acids is 2. The predicted molar refractivity (Wildman–Crippen MR) is 99.9 cm³/mol. The number of ether oxygens (including phenoxy) is 1. The van der Waals surface area contributed by atoms with Gasteiger partial charge in [0.15, 0.2) is 0 Å². The Morgan fingerprint density at radius 2 is 2.04 bits per heavy atom. The zero-order valence-electron chi connectivity index (χ0n) is 15.7. The molecule has 2 amide bonds. The minimum atomic E-state index is -0.481. The Morgan fingerprint density at radius 1 is 1.22 bits per heavy atom. The van der Waals surface area contributed by atoms with Crippen molar-refractivity contribution in [3.63, 3.8) is 0 Å². The Morgan fingerprint density at radius 3 is 2.74 bits per heavy atom. The Bertz CT molecular complexity index is 619. The second-order valence-corrected chi connectivity index (χ2v) is 7.37. The molecule has 0 aromatic carbocycles. The highest BCUT2D eigenvalue weighted by Gasteiger charge is 2.33. The highest BCUT2D eigenvalue weighted by molar-refractivity contribution is 5.78. The number of nitrogens with one attached hydrogen (secondary N) is 1. The van der Waals surface area contributed by atoms with Gasteiger partial charge >= 0.3 is 0 Å². The molecule has 0 unspecified atom stereocenters. The van der Waals surface area contributed by atoms with Crippen molar-refractivity contribution in [2.75, 3.05) is 19.7 Å². The van der Waals surface area contributed by atoms with E-state index in [2.05, 4.69) is 10.3 Å². The molecule has 7 nitrogen and oxygen atoms in total. The number of aliphatic hydroxyl groups is 1. The Kier molecular flexibility index (Phi) is 7.18. The van der Waals surface area contributed by atoms with Crippen LogP contribution in [0.4, 0.5) is 0 Å². The molecule has 0 bridgehead atoms. The number of pyridine rings is 1. The molecular formula is C20H29N3O4. The van der Waals surface area contributed by atoms with Crippen LogP contribution in [0.2, 0.25) is 0 Å². The number of aromatic nitrogens is 1. The molecule has 2 saturated heterocycles. The van der Waals surface area contributed by atoms with Gasteiger partial charge in [0, 0.05) is 25.0 Å². The lowest BCUT2D eigenvalue weighted by Crippen LogP contribution is -2.52. The van der Waals surface area contributed by atoms with Gasteiger partial charge in [0.05, 0.1) is 31.6 Å². The summed E-state index contributed by atoms with van der Waals surface area (Å²) in [5.74, 6) is -0.00220. The van der Waals surface area contributed by atoms with E-state index in [9.17, 15) is 14.7 Å². The summed E-state index contributed by atoms with van der Waals surface area (Å²) in [7, 11) is 0. The number of piperidine rings is 1. The first-order valence-corrected chi connectivity index (χ1v) is 9.89. The Balaban J connectivity index is 1.47. The van der Waals surface area contributed by atoms with E-state index >= 15 is 0 Å². The van der Waals surface area contributed by atoms with Gasteiger partial charge in [0.1, 0.15) is 6.10 Å². The summed E-state index contributed by atoms with van der Waals surface area (Å²) in [5.41, 5.74) is 0.706. The quantitative estimate of drug-likeness (QED) is 0.775. The van der Waals surface area contributed by atoms with Gasteiger partial charge in [0.25, 0.3) is 0 Å². The maximum atomic E-state index is 12.4. The lowest BCUT2D eigenvalue weighted by Gasteiger charge is -2.37. The van der Waals surface area contributed by atoms with Crippen LogP contribution in [0.25, 0.3) is 0 Å². The lowest BCUT2D eigenvalue weighted by molar-refractivity contribution is -0.143. The van der Waals surface area contributed by atoms with Gasteiger partial charge in [-0.15, -0.1) is 0 Å². The third-order valence-corrected chi connectivity index (χ3v) is 5.32. The number of hydrogen-bond acceptors (Lipinski definition) is 5. The molecule has 0 spiro atoms. The van der Waals surface area contributed by atoms with Crippen LogP contribution < -0.4 is 5.32 Å². The van der Waals surface area contributed by atoms with E-state index in [1.54, 1.807) is 6.20 Å². The van der Waals surface area contributed by atoms with Gasteiger partial charge in [-0.1, -0.05) is 6.07 Å². The number of likely N-dealkylation sites (tertiary alicyclic amines) is 1. The smallest absolute Gasteiger partial charge is 0.226 e. The van der Waals surface area contributed by atoms with E-state index in [1.807, 2.05) is 23.1 Å². The molecule has 7 heteroatoms. The maximum Gasteiger partial charge on any atom is 0.226 e. The van der Waals surface area contributed by atoms with Crippen molar-refractivity contribution in [2.24, 2.45) is 0 Å². The third kappa shape index (κ3) is 5.74. The van der Waals surface area contributed by atoms with E-state index in [4.69, 9.17) is 4.74 Å². The molecular weight excluding hydrogens is 346 g/mol. The molecule has 2 fully saturated rings. The largest absolute Gasteiger partial charge is 0.394 e. The summed E-state index contributed by atoms with van der Waals surface area (Å²) in [4.78, 5) is 30.8. The Labute approximate surface area is 160 Å². The van der Waals surface area contributed by atoms with Crippen molar-refractivity contribution >= 4 is 11.8 Å². The van der Waals surface area contributed by atoms with E-state index in [0.717, 1.165) is 25.9 Å². The van der Waals surface area contributed by atoms with Crippen LogP contribution in [0.1, 0.15) is 44.2 Å². The molecule has 3 heterocycles. The predicted octanol–water partition coefficient (Wildman–Crippen LogP) is 1.05. The first kappa shape index (κ1) is 19.8. The van der Waals surface area contributed by atoms with Crippen molar-refractivity contribution in [2.45, 2.75) is 63.2 Å². The second kappa shape index (κ2) is 9.80. The van der Waals surface area contributed by atoms with Crippen LogP contribution in [0.3, 0.4) is 0 Å². The van der Waals surface area contributed by atoms with Crippen LogP contribution in [-0.4, -0.2) is 64.8 Å². The fraction of sp³-hybridized carbons (Fsp3) is 0.650. The fourth-order valence-corrected chi connectivity index (χ4v) is 3.84. The molecule has 3 atom stereocenters. The third-order valence-electron chi connectivity index (χ3n) is 5.32. The van der Waals surface area contributed by atoms with Crippen LogP contribution in [0.5, 0.6) is 0 Å². The minimum absolute atomic E-state index is 0.133. The average Bonchev–Trinajstić information content (AvgIpc) is 2.70. The van der Waals surface area contributed by atoms with E-state index in [-0.39, 0.29) is 37.0 Å². The Hall–Kier alpha value is -1.99. The molecule has 1 aromatic rings. The van der Waals surface area contributed by atoms with Crippen LogP contribution >= 0.6 is 0 Å². The highest BCUT2D eigenvalue weighted by Crippen LogP contribution is 2.23. The van der Waals surface area contributed by atoms with Crippen molar-refractivity contribution < 1.29 is 19.4 Å². The minimum Gasteiger partial charge on any atom is -0.394 e. The van der Waals surface area contributed by atoms with Crippen molar-refractivity contribution in [1.82, 2.24) is 15.2 Å². The molecule has 27 heavy (non-hydrogen) atoms. The zero-order chi connectivity index (χ0) is 19.1. The molecule has 2 aliphatic heterocycles. The second-order valence-electron chi connectivity index (χ2n) is 7.37. The monoisotopic (exact) mass is 375 g/mol. The maximum absolute atomic E-state index is 12.4. The van der Waals surface area contributed by atoms with Gasteiger partial charge in [-0.2, -0.15) is 0 Å². The van der Waals surface area contributed by atoms with Crippen molar-refractivity contribution in [3.05, 3.63) is 30.1 Å². The highest BCUT2D eigenvalue weighted by atomic mass is 16.5. The summed E-state index contributed by atoms with van der Waals surface area (Å²) < 4.78 is 5.93. The van der Waals surface area contributed by atoms with Gasteiger partial charge in [-0.25, -0.2) is 0 Å². The van der Waals surface area contributed by atoms with E-state index in [1.165, 1.54) is 6.42 Å². The number of nitrogens with zero attached hydrogens (tertiary/aromatic N) is 2. The van der Waals surface area contributed by atoms with Gasteiger partial charge in [-0.05, 0) is 44.2 Å². The normalized spacial score (nSPS) is 25.8.